The molecule has 0 aliphatic rings. The van der Waals surface area contributed by atoms with Crippen LogP contribution in [0.25, 0.3) is 22.5 Å². The van der Waals surface area contributed by atoms with Crippen molar-refractivity contribution >= 4 is 13.3 Å². The van der Waals surface area contributed by atoms with Crippen molar-refractivity contribution < 1.29 is 20.1 Å². The number of pyridine rings is 2. The molecule has 0 atom stereocenters. The molecule has 4 heteroatoms. The molecule has 0 N–H and O–H groups in total. The average molecular weight is 775 g/mol. The van der Waals surface area contributed by atoms with Gasteiger partial charge in [0.2, 0.25) is 0 Å². The van der Waals surface area contributed by atoms with E-state index in [1.165, 1.54) is 38.6 Å². The summed E-state index contributed by atoms with van der Waals surface area (Å²) in [5.74, 6) is 1.04. The van der Waals surface area contributed by atoms with Crippen molar-refractivity contribution in [1.29, 1.82) is 0 Å². The van der Waals surface area contributed by atoms with Crippen molar-refractivity contribution in [3.8, 4) is 22.5 Å². The minimum absolute atomic E-state index is 0. The molecular formula is C40H46IrN2Si-2. The van der Waals surface area contributed by atoms with E-state index >= 15 is 0 Å². The van der Waals surface area contributed by atoms with Gasteiger partial charge >= 0.3 is 0 Å². The van der Waals surface area contributed by atoms with E-state index in [-0.39, 0.29) is 20.1 Å². The normalized spacial score (nSPS) is 11.2. The first kappa shape index (κ1) is 35.3. The summed E-state index contributed by atoms with van der Waals surface area (Å²) < 4.78 is 0. The van der Waals surface area contributed by atoms with E-state index in [0.29, 0.717) is 11.8 Å². The first-order chi connectivity index (χ1) is 20.4. The molecule has 0 spiro atoms. The van der Waals surface area contributed by atoms with E-state index in [9.17, 15) is 0 Å². The molecule has 0 aliphatic heterocycles. The molecule has 0 unspecified atom stereocenters. The first-order valence-electron chi connectivity index (χ1n) is 15.4. The van der Waals surface area contributed by atoms with Gasteiger partial charge < -0.3 is 9.97 Å². The van der Waals surface area contributed by atoms with Gasteiger partial charge in [-0.1, -0.05) is 115 Å². The molecule has 0 bridgehead atoms. The van der Waals surface area contributed by atoms with Gasteiger partial charge in [0.25, 0.3) is 0 Å². The molecule has 0 amide bonds. The number of hydrogen-bond acceptors (Lipinski definition) is 2. The molecule has 0 fully saturated rings. The average Bonchev–Trinajstić information content (AvgIpc) is 2.99. The predicted octanol–water partition coefficient (Wildman–Crippen LogP) is 10.1. The van der Waals surface area contributed by atoms with Crippen LogP contribution in [0.2, 0.25) is 19.6 Å². The maximum Gasteiger partial charge on any atom is 0.0799 e. The Balaban J connectivity index is 0.000000238. The number of nitrogens with zero attached hydrogens (tertiary/aromatic N) is 2. The van der Waals surface area contributed by atoms with E-state index < -0.39 is 8.07 Å². The topological polar surface area (TPSA) is 25.8 Å². The maximum absolute atomic E-state index is 4.69. The molecule has 0 aliphatic carbocycles. The standard InChI is InChI=1S/C22H22N.C18H24NSi.Ir/c1-16(2)19-11-12-23-22(15-19)20-10-9-17(3)21(14-20)13-18-7-5-4-6-8-18;1-13(2)16-11-17(15-9-7-14(3)8-10-15)19-12-18(16)20(4,5)6;/h4-9,11-12,14-16H,13H2,1-3H3;7-9,11-13H,1-6H3;/q2*-1;. The van der Waals surface area contributed by atoms with Crippen molar-refractivity contribution in [2.24, 2.45) is 0 Å². The van der Waals surface area contributed by atoms with Gasteiger partial charge in [-0.2, -0.15) is 0 Å². The fourth-order valence-electron chi connectivity index (χ4n) is 5.10. The Hall–Kier alpha value is -3.17. The molecule has 44 heavy (non-hydrogen) atoms. The van der Waals surface area contributed by atoms with Crippen LogP contribution in [0.5, 0.6) is 0 Å². The van der Waals surface area contributed by atoms with Crippen LogP contribution in [0.15, 0.2) is 91.3 Å². The van der Waals surface area contributed by atoms with Gasteiger partial charge in [-0.15, -0.1) is 70.3 Å². The summed E-state index contributed by atoms with van der Waals surface area (Å²) in [5.41, 5.74) is 12.1. The van der Waals surface area contributed by atoms with Crippen LogP contribution in [0, 0.1) is 26.0 Å². The Morgan fingerprint density at radius 2 is 1.41 bits per heavy atom. The van der Waals surface area contributed by atoms with Gasteiger partial charge in [0, 0.05) is 32.5 Å². The summed E-state index contributed by atoms with van der Waals surface area (Å²) in [4.78, 5) is 9.23. The van der Waals surface area contributed by atoms with Crippen molar-refractivity contribution in [2.75, 3.05) is 0 Å². The maximum atomic E-state index is 4.69. The van der Waals surface area contributed by atoms with E-state index in [4.69, 9.17) is 4.98 Å². The molecule has 5 rings (SSSR count). The number of benzene rings is 3. The monoisotopic (exact) mass is 775 g/mol. The SMILES string of the molecule is Cc1c[c-]c(-c2cc(C(C)C)c([Si](C)(C)C)cn2)cc1.Cc1c[c-]c(-c2cc(C(C)C)ccn2)cc1Cc1ccccc1.[Ir]. The summed E-state index contributed by atoms with van der Waals surface area (Å²) in [6, 6.07) is 34.4. The second-order valence-electron chi connectivity index (χ2n) is 13.2. The largest absolute Gasteiger partial charge is 0.305 e. The summed E-state index contributed by atoms with van der Waals surface area (Å²) in [6.45, 7) is 20.3. The minimum Gasteiger partial charge on any atom is -0.305 e. The Labute approximate surface area is 280 Å². The summed E-state index contributed by atoms with van der Waals surface area (Å²) >= 11 is 0. The molecule has 3 aromatic carbocycles. The molecular weight excluding hydrogens is 729 g/mol. The van der Waals surface area contributed by atoms with E-state index in [1.807, 2.05) is 12.3 Å². The van der Waals surface area contributed by atoms with Gasteiger partial charge in [-0.3, -0.25) is 0 Å². The Morgan fingerprint density at radius 1 is 0.727 bits per heavy atom. The molecule has 0 saturated carbocycles. The van der Waals surface area contributed by atoms with Crippen molar-refractivity contribution in [1.82, 2.24) is 9.97 Å². The third kappa shape index (κ3) is 9.41. The van der Waals surface area contributed by atoms with Crippen LogP contribution in [-0.4, -0.2) is 18.0 Å². The van der Waals surface area contributed by atoms with Crippen molar-refractivity contribution in [2.45, 2.75) is 79.4 Å². The van der Waals surface area contributed by atoms with Crippen LogP contribution in [-0.2, 0) is 26.5 Å². The number of rotatable bonds is 7. The second kappa shape index (κ2) is 15.7. The van der Waals surface area contributed by atoms with E-state index in [0.717, 1.165) is 28.9 Å². The molecule has 2 aromatic heterocycles. The second-order valence-corrected chi connectivity index (χ2v) is 18.2. The molecule has 0 saturated heterocycles. The Bertz CT molecular complexity index is 1640. The molecule has 5 aromatic rings. The Kier molecular flexibility index (Phi) is 12.6. The number of hydrogen-bond donors (Lipinski definition) is 0. The van der Waals surface area contributed by atoms with Crippen LogP contribution in [0.4, 0.5) is 0 Å². The van der Waals surface area contributed by atoms with Crippen molar-refractivity contribution in [3.05, 3.63) is 137 Å². The number of aromatic nitrogens is 2. The molecule has 2 nitrogen and oxygen atoms in total. The number of aryl methyl sites for hydroxylation is 2. The van der Waals surface area contributed by atoms with Crippen LogP contribution >= 0.6 is 0 Å². The zero-order valence-electron chi connectivity index (χ0n) is 27.7. The smallest absolute Gasteiger partial charge is 0.0799 e. The van der Waals surface area contributed by atoms with Crippen LogP contribution < -0.4 is 5.19 Å². The zero-order chi connectivity index (χ0) is 31.1. The molecule has 1 radical (unpaired) electrons. The predicted molar refractivity (Wildman–Crippen MR) is 187 cm³/mol. The Morgan fingerprint density at radius 3 is 2.02 bits per heavy atom. The molecule has 2 heterocycles. The van der Waals surface area contributed by atoms with E-state index in [1.54, 1.807) is 0 Å². The quantitative estimate of drug-likeness (QED) is 0.122. The van der Waals surface area contributed by atoms with Crippen LogP contribution in [0.1, 0.15) is 72.9 Å². The fourth-order valence-corrected chi connectivity index (χ4v) is 6.78. The summed E-state index contributed by atoms with van der Waals surface area (Å²) in [5, 5.41) is 1.48. The van der Waals surface area contributed by atoms with E-state index in [2.05, 4.69) is 157 Å². The molecule has 231 valence electrons. The van der Waals surface area contributed by atoms with Gasteiger partial charge in [0.15, 0.2) is 0 Å². The van der Waals surface area contributed by atoms with Gasteiger partial charge in [0.05, 0.1) is 8.07 Å². The van der Waals surface area contributed by atoms with Gasteiger partial charge in [-0.25, -0.2) is 0 Å². The fraction of sp³-hybridized carbons (Fsp3) is 0.300. The minimum atomic E-state index is -1.35. The third-order valence-electron chi connectivity index (χ3n) is 7.84. The van der Waals surface area contributed by atoms with Crippen molar-refractivity contribution in [3.63, 3.8) is 0 Å². The first-order valence-corrected chi connectivity index (χ1v) is 18.9. The zero-order valence-corrected chi connectivity index (χ0v) is 31.1. The van der Waals surface area contributed by atoms with Crippen LogP contribution in [0.3, 0.4) is 0 Å². The summed E-state index contributed by atoms with van der Waals surface area (Å²) in [6.07, 6.45) is 4.94. The summed E-state index contributed by atoms with van der Waals surface area (Å²) in [7, 11) is -1.35. The van der Waals surface area contributed by atoms with Gasteiger partial charge in [-0.05, 0) is 46.5 Å². The third-order valence-corrected chi connectivity index (χ3v) is 9.88. The van der Waals surface area contributed by atoms with Gasteiger partial charge in [0.1, 0.15) is 0 Å².